The number of nitrogens with one attached hydrogen (secondary N) is 1. The van der Waals surface area contributed by atoms with E-state index in [-0.39, 0.29) is 5.82 Å². The molecule has 2 heterocycles. The Hall–Kier alpha value is -3.75. The average molecular weight is 488 g/mol. The zero-order valence-corrected chi connectivity index (χ0v) is 20.3. The van der Waals surface area contributed by atoms with E-state index in [9.17, 15) is 4.39 Å². The molecule has 7 nitrogen and oxygen atoms in total. The third-order valence-electron chi connectivity index (χ3n) is 6.51. The van der Waals surface area contributed by atoms with Crippen molar-refractivity contribution in [2.75, 3.05) is 51.3 Å². The predicted octanol–water partition coefficient (Wildman–Crippen LogP) is 4.39. The van der Waals surface area contributed by atoms with Crippen LogP contribution in [0.3, 0.4) is 0 Å². The molecular formula is C28H30FN5O2. The van der Waals surface area contributed by atoms with E-state index in [0.29, 0.717) is 23.9 Å². The number of piperazine rings is 1. The van der Waals surface area contributed by atoms with Gasteiger partial charge in [-0.3, -0.25) is 4.90 Å². The van der Waals surface area contributed by atoms with Crippen LogP contribution in [0.5, 0.6) is 5.75 Å². The molecule has 186 valence electrons. The summed E-state index contributed by atoms with van der Waals surface area (Å²) in [6, 6.07) is 24.0. The summed E-state index contributed by atoms with van der Waals surface area (Å²) in [6.07, 6.45) is 0. The molecule has 1 saturated heterocycles. The van der Waals surface area contributed by atoms with Crippen LogP contribution in [0.15, 0.2) is 83.3 Å². The molecule has 1 aliphatic rings. The number of nitrogens with zero attached hydrogens (tertiary/aromatic N) is 4. The lowest BCUT2D eigenvalue weighted by molar-refractivity contribution is 0.253. The maximum Gasteiger partial charge on any atom is 0.247 e. The minimum Gasteiger partial charge on any atom is -0.497 e. The topological polar surface area (TPSA) is 66.7 Å². The van der Waals surface area contributed by atoms with Gasteiger partial charge in [-0.2, -0.15) is 0 Å². The van der Waals surface area contributed by atoms with E-state index in [4.69, 9.17) is 9.15 Å². The lowest BCUT2D eigenvalue weighted by Gasteiger charge is -2.36. The lowest BCUT2D eigenvalue weighted by atomic mass is 10.1. The van der Waals surface area contributed by atoms with Crippen molar-refractivity contribution in [2.24, 2.45) is 0 Å². The molecule has 1 unspecified atom stereocenters. The summed E-state index contributed by atoms with van der Waals surface area (Å²) in [7, 11) is 1.68. The lowest BCUT2D eigenvalue weighted by Crippen LogP contribution is -2.48. The molecule has 1 fully saturated rings. The number of hydrogen-bond acceptors (Lipinski definition) is 7. The van der Waals surface area contributed by atoms with Gasteiger partial charge < -0.3 is 19.4 Å². The monoisotopic (exact) mass is 487 g/mol. The number of anilines is 1. The molecule has 5 rings (SSSR count). The van der Waals surface area contributed by atoms with E-state index in [1.807, 2.05) is 48.5 Å². The van der Waals surface area contributed by atoms with Crippen molar-refractivity contribution >= 4 is 5.69 Å². The van der Waals surface area contributed by atoms with Crippen molar-refractivity contribution in [1.29, 1.82) is 0 Å². The second-order valence-corrected chi connectivity index (χ2v) is 8.75. The standard InChI is InChI=1S/C28H30FN5O2/c1-35-23-13-11-22(12-14-23)34-19-17-33(18-20-34)16-15-30-26(24-9-5-6-10-25(24)29)28-32-31-27(36-28)21-7-3-2-4-8-21/h2-14,26,30H,15-20H2,1H3. The Labute approximate surface area is 210 Å². The van der Waals surface area contributed by atoms with Gasteiger partial charge in [-0.1, -0.05) is 36.4 Å². The van der Waals surface area contributed by atoms with Crippen LogP contribution >= 0.6 is 0 Å². The molecule has 4 aromatic rings. The molecule has 1 N–H and O–H groups in total. The van der Waals surface area contributed by atoms with Gasteiger partial charge in [-0.15, -0.1) is 10.2 Å². The van der Waals surface area contributed by atoms with Crippen LogP contribution < -0.4 is 15.0 Å². The van der Waals surface area contributed by atoms with Gasteiger partial charge in [0.15, 0.2) is 0 Å². The molecule has 1 aromatic heterocycles. The second kappa shape index (κ2) is 11.3. The van der Waals surface area contributed by atoms with Gasteiger partial charge in [-0.25, -0.2) is 4.39 Å². The fraction of sp³-hybridized carbons (Fsp3) is 0.286. The number of rotatable bonds is 9. The average Bonchev–Trinajstić information content (AvgIpc) is 3.43. The van der Waals surface area contributed by atoms with Gasteiger partial charge in [0.2, 0.25) is 11.8 Å². The zero-order chi connectivity index (χ0) is 24.7. The van der Waals surface area contributed by atoms with Crippen molar-refractivity contribution in [3.05, 3.63) is 96.1 Å². The fourth-order valence-corrected chi connectivity index (χ4v) is 4.48. The third-order valence-corrected chi connectivity index (χ3v) is 6.51. The molecule has 1 aliphatic heterocycles. The van der Waals surface area contributed by atoms with E-state index in [0.717, 1.165) is 44.0 Å². The highest BCUT2D eigenvalue weighted by molar-refractivity contribution is 5.52. The zero-order valence-electron chi connectivity index (χ0n) is 20.3. The van der Waals surface area contributed by atoms with Crippen LogP contribution in [0.4, 0.5) is 10.1 Å². The van der Waals surface area contributed by atoms with E-state index in [1.54, 1.807) is 19.2 Å². The molecule has 0 amide bonds. The van der Waals surface area contributed by atoms with Gasteiger partial charge in [0.25, 0.3) is 0 Å². The van der Waals surface area contributed by atoms with Crippen molar-refractivity contribution < 1.29 is 13.5 Å². The first-order chi connectivity index (χ1) is 17.7. The highest BCUT2D eigenvalue weighted by Gasteiger charge is 2.24. The van der Waals surface area contributed by atoms with Gasteiger partial charge in [-0.05, 0) is 42.5 Å². The van der Waals surface area contributed by atoms with Crippen LogP contribution in [0, 0.1) is 5.82 Å². The van der Waals surface area contributed by atoms with Crippen molar-refractivity contribution in [3.8, 4) is 17.2 Å². The largest absolute Gasteiger partial charge is 0.497 e. The Morgan fingerprint density at radius 3 is 2.36 bits per heavy atom. The summed E-state index contributed by atoms with van der Waals surface area (Å²) in [5.74, 6) is 1.33. The summed E-state index contributed by atoms with van der Waals surface area (Å²) in [4.78, 5) is 4.80. The second-order valence-electron chi connectivity index (χ2n) is 8.75. The molecule has 0 bridgehead atoms. The van der Waals surface area contributed by atoms with Crippen molar-refractivity contribution in [1.82, 2.24) is 20.4 Å². The summed E-state index contributed by atoms with van der Waals surface area (Å²) in [5.41, 5.74) is 2.53. The number of halogens is 1. The first-order valence-corrected chi connectivity index (χ1v) is 12.2. The number of hydrogen-bond donors (Lipinski definition) is 1. The smallest absolute Gasteiger partial charge is 0.247 e. The van der Waals surface area contributed by atoms with Gasteiger partial charge in [0, 0.05) is 56.1 Å². The molecule has 0 saturated carbocycles. The summed E-state index contributed by atoms with van der Waals surface area (Å²) < 4.78 is 26.0. The minimum absolute atomic E-state index is 0.303. The molecule has 1 atom stereocenters. The Morgan fingerprint density at radius 2 is 1.64 bits per heavy atom. The highest BCUT2D eigenvalue weighted by atomic mass is 19.1. The fourth-order valence-electron chi connectivity index (χ4n) is 4.48. The van der Waals surface area contributed by atoms with Crippen LogP contribution in [0.25, 0.3) is 11.5 Å². The van der Waals surface area contributed by atoms with Crippen molar-refractivity contribution in [2.45, 2.75) is 6.04 Å². The van der Waals surface area contributed by atoms with Crippen molar-refractivity contribution in [3.63, 3.8) is 0 Å². The quantitative estimate of drug-likeness (QED) is 0.376. The molecule has 0 aliphatic carbocycles. The van der Waals surface area contributed by atoms with Gasteiger partial charge >= 0.3 is 0 Å². The summed E-state index contributed by atoms with van der Waals surface area (Å²) in [6.45, 7) is 5.31. The maximum absolute atomic E-state index is 14.7. The van der Waals surface area contributed by atoms with Crippen LogP contribution in [-0.2, 0) is 0 Å². The van der Waals surface area contributed by atoms with E-state index in [1.165, 1.54) is 11.8 Å². The molecule has 3 aromatic carbocycles. The molecule has 0 radical (unpaired) electrons. The van der Waals surface area contributed by atoms with Gasteiger partial charge in [0.05, 0.1) is 7.11 Å². The van der Waals surface area contributed by atoms with Crippen LogP contribution in [0.2, 0.25) is 0 Å². The maximum atomic E-state index is 14.7. The Bertz CT molecular complexity index is 1240. The van der Waals surface area contributed by atoms with Gasteiger partial charge in [0.1, 0.15) is 17.6 Å². The predicted molar refractivity (Wildman–Crippen MR) is 138 cm³/mol. The number of methoxy groups -OCH3 is 1. The summed E-state index contributed by atoms with van der Waals surface area (Å²) >= 11 is 0. The first-order valence-electron chi connectivity index (χ1n) is 12.2. The summed E-state index contributed by atoms with van der Waals surface area (Å²) in [5, 5.41) is 11.9. The SMILES string of the molecule is COc1ccc(N2CCN(CCNC(c3nnc(-c4ccccc4)o3)c3ccccc3F)CC2)cc1. The first kappa shape index (κ1) is 24.0. The van der Waals surface area contributed by atoms with E-state index >= 15 is 0 Å². The molecule has 36 heavy (non-hydrogen) atoms. The Morgan fingerprint density at radius 1 is 0.917 bits per heavy atom. The molecule has 0 spiro atoms. The number of ether oxygens (including phenoxy) is 1. The minimum atomic E-state index is -0.531. The van der Waals surface area contributed by atoms with E-state index < -0.39 is 6.04 Å². The highest BCUT2D eigenvalue weighted by Crippen LogP contribution is 2.27. The number of benzene rings is 3. The third kappa shape index (κ3) is 5.56. The Balaban J connectivity index is 1.21. The normalized spacial score (nSPS) is 15.1. The van der Waals surface area contributed by atoms with Crippen LogP contribution in [-0.4, -0.2) is 61.5 Å². The molecule has 8 heteroatoms. The Kier molecular flexibility index (Phi) is 7.54. The van der Waals surface area contributed by atoms with Crippen LogP contribution in [0.1, 0.15) is 17.5 Å². The number of aromatic nitrogens is 2. The van der Waals surface area contributed by atoms with E-state index in [2.05, 4.69) is 37.4 Å². The molecular weight excluding hydrogens is 457 g/mol.